The van der Waals surface area contributed by atoms with Gasteiger partial charge in [0.2, 0.25) is 11.8 Å². The number of terminal acetylenes is 1. The van der Waals surface area contributed by atoms with E-state index in [4.69, 9.17) is 11.2 Å². The van der Waals surface area contributed by atoms with Crippen LogP contribution in [-0.2, 0) is 14.4 Å². The number of nitrogens with one attached hydrogen (secondary N) is 1. The molecule has 4 unspecified atom stereocenters. The van der Waals surface area contributed by atoms with E-state index in [1.54, 1.807) is 24.3 Å². The molecule has 2 aliphatic heterocycles. The van der Waals surface area contributed by atoms with Crippen LogP contribution >= 0.6 is 0 Å². The lowest BCUT2D eigenvalue weighted by atomic mass is 9.79. The maximum absolute atomic E-state index is 12.9. The third kappa shape index (κ3) is 2.29. The fraction of sp³-hybridized carbons (Fsp3) is 0.389. The van der Waals surface area contributed by atoms with Crippen LogP contribution in [-0.4, -0.2) is 58.7 Å². The van der Waals surface area contributed by atoms with Crippen LogP contribution in [0.15, 0.2) is 24.3 Å². The zero-order chi connectivity index (χ0) is 19.1. The summed E-state index contributed by atoms with van der Waals surface area (Å²) in [5, 5.41) is 22.4. The minimum Gasteiger partial charge on any atom is -0.496 e. The van der Waals surface area contributed by atoms with Crippen LogP contribution in [0.5, 0.6) is 5.75 Å². The summed E-state index contributed by atoms with van der Waals surface area (Å²) in [5.41, 5.74) is -1.45. The SMILES string of the molecule is C#CCN1C(=O)C2C(c3ccccc3OC)NC(CO)(C(=O)O)C2C1=O. The Morgan fingerprint density at radius 2 is 2.08 bits per heavy atom. The number of hydrogen-bond donors (Lipinski definition) is 3. The van der Waals surface area contributed by atoms with Crippen LogP contribution in [0.4, 0.5) is 0 Å². The van der Waals surface area contributed by atoms with Gasteiger partial charge in [0.25, 0.3) is 0 Å². The zero-order valence-electron chi connectivity index (χ0n) is 14.0. The van der Waals surface area contributed by atoms with E-state index in [0.29, 0.717) is 11.3 Å². The van der Waals surface area contributed by atoms with Crippen molar-refractivity contribution >= 4 is 17.8 Å². The number of imide groups is 1. The van der Waals surface area contributed by atoms with Crippen LogP contribution in [0.3, 0.4) is 0 Å². The second-order valence-electron chi connectivity index (χ2n) is 6.27. The van der Waals surface area contributed by atoms with Crippen LogP contribution in [0.1, 0.15) is 11.6 Å². The Hall–Kier alpha value is -2.89. The molecule has 2 amide bonds. The number of ether oxygens (including phenoxy) is 1. The number of hydrogen-bond acceptors (Lipinski definition) is 6. The van der Waals surface area contributed by atoms with E-state index in [1.165, 1.54) is 7.11 Å². The first-order valence-electron chi connectivity index (χ1n) is 7.96. The number of rotatable bonds is 5. The number of methoxy groups -OCH3 is 1. The van der Waals surface area contributed by atoms with Gasteiger partial charge in [-0.3, -0.25) is 24.6 Å². The Labute approximate surface area is 149 Å². The van der Waals surface area contributed by atoms with Crippen molar-refractivity contribution in [1.82, 2.24) is 10.2 Å². The quantitative estimate of drug-likeness (QED) is 0.475. The molecule has 2 aliphatic rings. The summed E-state index contributed by atoms with van der Waals surface area (Å²) in [6.45, 7) is -1.09. The molecule has 1 aromatic rings. The maximum Gasteiger partial charge on any atom is 0.327 e. The highest BCUT2D eigenvalue weighted by Gasteiger charge is 2.68. The molecule has 3 rings (SSSR count). The van der Waals surface area contributed by atoms with Crippen molar-refractivity contribution in [2.75, 3.05) is 20.3 Å². The molecule has 0 bridgehead atoms. The van der Waals surface area contributed by atoms with Crippen molar-refractivity contribution in [2.24, 2.45) is 11.8 Å². The number of carboxylic acids is 1. The molecule has 2 saturated heterocycles. The lowest BCUT2D eigenvalue weighted by Crippen LogP contribution is -2.58. The highest BCUT2D eigenvalue weighted by Crippen LogP contribution is 2.50. The van der Waals surface area contributed by atoms with Crippen molar-refractivity contribution in [3.05, 3.63) is 29.8 Å². The van der Waals surface area contributed by atoms with Gasteiger partial charge in [0.05, 0.1) is 32.1 Å². The molecule has 2 fully saturated rings. The average molecular weight is 358 g/mol. The highest BCUT2D eigenvalue weighted by molar-refractivity contribution is 6.09. The first-order valence-corrected chi connectivity index (χ1v) is 7.96. The lowest BCUT2D eigenvalue weighted by Gasteiger charge is -2.29. The van der Waals surface area contributed by atoms with Crippen molar-refractivity contribution in [3.8, 4) is 18.1 Å². The van der Waals surface area contributed by atoms with Gasteiger partial charge in [-0.1, -0.05) is 24.1 Å². The number of aliphatic carboxylic acids is 1. The van der Waals surface area contributed by atoms with Gasteiger partial charge in [-0.25, -0.2) is 0 Å². The third-order valence-electron chi connectivity index (χ3n) is 5.10. The minimum absolute atomic E-state index is 0.246. The first-order chi connectivity index (χ1) is 12.4. The van der Waals surface area contributed by atoms with E-state index in [-0.39, 0.29) is 6.54 Å². The number of nitrogens with zero attached hydrogens (tertiary/aromatic N) is 1. The predicted molar refractivity (Wildman–Crippen MR) is 88.9 cm³/mol. The van der Waals surface area contributed by atoms with E-state index in [2.05, 4.69) is 11.2 Å². The fourth-order valence-electron chi connectivity index (χ4n) is 3.91. The number of benzene rings is 1. The van der Waals surface area contributed by atoms with Crippen molar-refractivity contribution < 1.29 is 29.3 Å². The van der Waals surface area contributed by atoms with E-state index < -0.39 is 47.8 Å². The number of carbonyl (C=O) groups is 3. The molecule has 0 saturated carbocycles. The second-order valence-corrected chi connectivity index (χ2v) is 6.27. The Morgan fingerprint density at radius 3 is 2.65 bits per heavy atom. The molecule has 26 heavy (non-hydrogen) atoms. The Balaban J connectivity index is 2.17. The molecule has 0 spiro atoms. The number of likely N-dealkylation sites (tertiary alicyclic amines) is 1. The number of fused-ring (bicyclic) bond motifs is 1. The minimum atomic E-state index is -1.98. The summed E-state index contributed by atoms with van der Waals surface area (Å²) < 4.78 is 5.31. The molecule has 3 N–H and O–H groups in total. The van der Waals surface area contributed by atoms with Gasteiger partial charge >= 0.3 is 5.97 Å². The van der Waals surface area contributed by atoms with Crippen molar-refractivity contribution in [2.45, 2.75) is 11.6 Å². The molecule has 8 heteroatoms. The van der Waals surface area contributed by atoms with E-state index in [1.807, 2.05) is 0 Å². The second kappa shape index (κ2) is 6.44. The molecular formula is C18H18N2O6. The molecule has 0 aromatic heterocycles. The molecule has 8 nitrogen and oxygen atoms in total. The molecule has 1 aromatic carbocycles. The molecule has 4 atom stereocenters. The molecule has 0 radical (unpaired) electrons. The maximum atomic E-state index is 12.9. The number of aliphatic hydroxyl groups excluding tert-OH is 1. The van der Waals surface area contributed by atoms with Gasteiger partial charge in [0.1, 0.15) is 5.75 Å². The lowest BCUT2D eigenvalue weighted by molar-refractivity contribution is -0.153. The smallest absolute Gasteiger partial charge is 0.327 e. The van der Waals surface area contributed by atoms with Crippen molar-refractivity contribution in [3.63, 3.8) is 0 Å². The van der Waals surface area contributed by atoms with Gasteiger partial charge in [-0.2, -0.15) is 0 Å². The molecule has 2 heterocycles. The summed E-state index contributed by atoms with van der Waals surface area (Å²) in [5.74, 6) is -2.24. The Morgan fingerprint density at radius 1 is 1.38 bits per heavy atom. The largest absolute Gasteiger partial charge is 0.496 e. The predicted octanol–water partition coefficient (Wildman–Crippen LogP) is -0.610. The summed E-state index contributed by atoms with van der Waals surface area (Å²) in [6.07, 6.45) is 5.24. The van der Waals surface area contributed by atoms with Gasteiger partial charge in [-0.15, -0.1) is 6.42 Å². The summed E-state index contributed by atoms with van der Waals surface area (Å²) in [7, 11) is 1.45. The van der Waals surface area contributed by atoms with Crippen LogP contribution < -0.4 is 10.1 Å². The van der Waals surface area contributed by atoms with Gasteiger partial charge in [-0.05, 0) is 6.07 Å². The third-order valence-corrected chi connectivity index (χ3v) is 5.10. The Kier molecular flexibility index (Phi) is 4.44. The number of carbonyl (C=O) groups excluding carboxylic acids is 2. The monoisotopic (exact) mass is 358 g/mol. The van der Waals surface area contributed by atoms with E-state index in [0.717, 1.165) is 4.90 Å². The number of para-hydroxylation sites is 1. The fourth-order valence-corrected chi connectivity index (χ4v) is 3.91. The van der Waals surface area contributed by atoms with E-state index in [9.17, 15) is 24.6 Å². The zero-order valence-corrected chi connectivity index (χ0v) is 14.0. The van der Waals surface area contributed by atoms with Crippen molar-refractivity contribution in [1.29, 1.82) is 0 Å². The van der Waals surface area contributed by atoms with Crippen LogP contribution in [0.25, 0.3) is 0 Å². The normalized spacial score (nSPS) is 30.2. The summed E-state index contributed by atoms with van der Waals surface area (Å²) in [6, 6.07) is 5.99. The molecular weight excluding hydrogens is 340 g/mol. The van der Waals surface area contributed by atoms with Gasteiger partial charge in [0.15, 0.2) is 5.54 Å². The first kappa shape index (κ1) is 17.9. The Bertz CT molecular complexity index is 816. The molecule has 136 valence electrons. The van der Waals surface area contributed by atoms with Gasteiger partial charge in [0, 0.05) is 11.6 Å². The average Bonchev–Trinajstić information content (AvgIpc) is 3.12. The van der Waals surface area contributed by atoms with Crippen LogP contribution in [0.2, 0.25) is 0 Å². The highest BCUT2D eigenvalue weighted by atomic mass is 16.5. The topological polar surface area (TPSA) is 116 Å². The number of amides is 2. The standard InChI is InChI=1S/C18H18N2O6/c1-3-8-20-15(22)12-13(16(20)23)18(9-21,17(24)25)19-14(12)10-6-4-5-7-11(10)26-2/h1,4-7,12-14,19,21H,8-9H2,2H3,(H,24,25). The number of carboxylic acid groups (broad SMARTS) is 1. The van der Waals surface area contributed by atoms with Gasteiger partial charge < -0.3 is 14.9 Å². The summed E-state index contributed by atoms with van der Waals surface area (Å²) in [4.78, 5) is 38.5. The molecule has 0 aliphatic carbocycles. The van der Waals surface area contributed by atoms with E-state index >= 15 is 0 Å². The number of aliphatic hydroxyl groups is 1. The summed E-state index contributed by atoms with van der Waals surface area (Å²) >= 11 is 0. The van der Waals surface area contributed by atoms with Crippen LogP contribution in [0, 0.1) is 24.2 Å².